The van der Waals surface area contributed by atoms with Crippen molar-refractivity contribution in [2.75, 3.05) is 19.8 Å². The Morgan fingerprint density at radius 1 is 1.50 bits per heavy atom. The normalized spacial score (nSPS) is 21.8. The lowest BCUT2D eigenvalue weighted by Gasteiger charge is -2.30. The summed E-state index contributed by atoms with van der Waals surface area (Å²) in [6.07, 6.45) is 0.812. The van der Waals surface area contributed by atoms with E-state index in [0.717, 1.165) is 6.42 Å². The van der Waals surface area contributed by atoms with Crippen molar-refractivity contribution in [1.29, 1.82) is 0 Å². The molecular formula is C7H15BrNO3PS. The molecule has 1 saturated heterocycles. The van der Waals surface area contributed by atoms with E-state index < -0.39 is 7.75 Å². The molecule has 4 nitrogen and oxygen atoms in total. The summed E-state index contributed by atoms with van der Waals surface area (Å²) >= 11 is 3.23. The Labute approximate surface area is 96.6 Å². The molecule has 0 aromatic carbocycles. The molecule has 1 heterocycles. The van der Waals surface area contributed by atoms with Crippen LogP contribution in [0.3, 0.4) is 0 Å². The number of halogens is 1. The summed E-state index contributed by atoms with van der Waals surface area (Å²) in [4.78, 5) is 0. The van der Waals surface area contributed by atoms with E-state index in [0.29, 0.717) is 25.7 Å². The molecule has 84 valence electrons. The van der Waals surface area contributed by atoms with Crippen molar-refractivity contribution in [3.8, 4) is 0 Å². The van der Waals surface area contributed by atoms with Crippen LogP contribution in [0.5, 0.6) is 0 Å². The first-order valence-corrected chi connectivity index (χ1v) is 8.65. The van der Waals surface area contributed by atoms with Gasteiger partial charge in [-0.3, -0.25) is 9.05 Å². The molecule has 0 aliphatic carbocycles. The van der Waals surface area contributed by atoms with Crippen LogP contribution in [0, 0.1) is 5.92 Å². The minimum absolute atomic E-state index is 0.417. The summed E-state index contributed by atoms with van der Waals surface area (Å²) in [5.41, 5.74) is 0. The highest BCUT2D eigenvalue weighted by Crippen LogP contribution is 2.58. The molecule has 0 aromatic heterocycles. The second kappa shape index (κ2) is 5.87. The molecule has 1 fully saturated rings. The summed E-state index contributed by atoms with van der Waals surface area (Å²) in [7, 11) is -1.79. The average molecular weight is 304 g/mol. The predicted molar refractivity (Wildman–Crippen MR) is 62.2 cm³/mol. The number of hydrogen-bond acceptors (Lipinski definition) is 4. The van der Waals surface area contributed by atoms with Gasteiger partial charge in [0.05, 0.1) is 13.2 Å². The maximum Gasteiger partial charge on any atom is 0.418 e. The van der Waals surface area contributed by atoms with Crippen LogP contribution in [-0.2, 0) is 13.6 Å². The molecule has 0 bridgehead atoms. The van der Waals surface area contributed by atoms with Crippen molar-refractivity contribution < 1.29 is 13.6 Å². The van der Waals surface area contributed by atoms with E-state index >= 15 is 0 Å². The van der Waals surface area contributed by atoms with Crippen LogP contribution in [0.2, 0.25) is 0 Å². The second-order valence-electron chi connectivity index (χ2n) is 3.49. The average Bonchev–Trinajstić information content (AvgIpc) is 2.15. The Morgan fingerprint density at radius 3 is 2.50 bits per heavy atom. The molecule has 14 heavy (non-hydrogen) atoms. The maximum atomic E-state index is 12.1. The van der Waals surface area contributed by atoms with Gasteiger partial charge in [-0.15, -0.1) is 4.08 Å². The molecule has 0 amide bonds. The largest absolute Gasteiger partial charge is 0.418 e. The van der Waals surface area contributed by atoms with Gasteiger partial charge in [0.25, 0.3) is 0 Å². The van der Waals surface area contributed by atoms with Crippen LogP contribution < -0.4 is 0 Å². The van der Waals surface area contributed by atoms with Crippen LogP contribution in [0.4, 0.5) is 0 Å². The Hall–Kier alpha value is 0.940. The van der Waals surface area contributed by atoms with Gasteiger partial charge >= 0.3 is 7.75 Å². The summed E-state index contributed by atoms with van der Waals surface area (Å²) in [6.45, 7) is 5.82. The third-order valence-electron chi connectivity index (χ3n) is 1.67. The first-order valence-electron chi connectivity index (χ1n) is 4.54. The highest BCUT2D eigenvalue weighted by atomic mass is 79.9. The molecule has 0 radical (unpaired) electrons. The van der Waals surface area contributed by atoms with Crippen LogP contribution in [-0.4, -0.2) is 23.8 Å². The molecule has 0 saturated carbocycles. The monoisotopic (exact) mass is 303 g/mol. The fourth-order valence-electron chi connectivity index (χ4n) is 1.06. The SMILES string of the molecule is CC(C)CN(SBr)P1(=O)OCCCO1. The second-order valence-corrected chi connectivity index (χ2v) is 7.14. The van der Waals surface area contributed by atoms with Gasteiger partial charge in [-0.05, 0) is 12.3 Å². The van der Waals surface area contributed by atoms with Crippen LogP contribution in [0.15, 0.2) is 0 Å². The summed E-state index contributed by atoms with van der Waals surface area (Å²) in [5.74, 6) is 0.417. The zero-order valence-corrected chi connectivity index (χ0v) is 11.6. The molecule has 0 spiro atoms. The molecule has 7 heteroatoms. The van der Waals surface area contributed by atoms with E-state index in [1.165, 1.54) is 10.4 Å². The summed E-state index contributed by atoms with van der Waals surface area (Å²) < 4.78 is 24.2. The predicted octanol–water partition coefficient (Wildman–Crippen LogP) is 3.45. The van der Waals surface area contributed by atoms with Gasteiger partial charge in [0.2, 0.25) is 0 Å². The number of nitrogens with zero attached hydrogens (tertiary/aromatic N) is 1. The fourth-order valence-corrected chi connectivity index (χ4v) is 5.36. The Balaban J connectivity index is 2.61. The highest BCUT2D eigenvalue weighted by molar-refractivity contribution is 9.49. The third-order valence-corrected chi connectivity index (χ3v) is 6.27. The Morgan fingerprint density at radius 2 is 2.07 bits per heavy atom. The lowest BCUT2D eigenvalue weighted by Crippen LogP contribution is -2.23. The molecule has 0 N–H and O–H groups in total. The molecule has 0 aromatic rings. The first-order chi connectivity index (χ1) is 6.58. The van der Waals surface area contributed by atoms with Crippen molar-refractivity contribution in [3.63, 3.8) is 0 Å². The van der Waals surface area contributed by atoms with Crippen molar-refractivity contribution in [1.82, 2.24) is 4.08 Å². The standard InChI is InChI=1S/C7H15BrNO3PS/c1-7(2)6-9(14-8)13(10)11-4-3-5-12-13/h7H,3-6H2,1-2H3. The van der Waals surface area contributed by atoms with Gasteiger partial charge in [0.15, 0.2) is 0 Å². The number of hydrogen-bond donors (Lipinski definition) is 0. The van der Waals surface area contributed by atoms with Gasteiger partial charge in [-0.25, -0.2) is 4.57 Å². The van der Waals surface area contributed by atoms with Crippen LogP contribution >= 0.6 is 32.9 Å². The molecule has 1 aliphatic heterocycles. The first kappa shape index (κ1) is 13.0. The highest BCUT2D eigenvalue weighted by Gasteiger charge is 2.36. The lowest BCUT2D eigenvalue weighted by molar-refractivity contribution is 0.125. The van der Waals surface area contributed by atoms with E-state index in [2.05, 4.69) is 28.7 Å². The van der Waals surface area contributed by atoms with Gasteiger partial charge in [0.1, 0.15) is 0 Å². The summed E-state index contributed by atoms with van der Waals surface area (Å²) in [6, 6.07) is 0. The molecule has 1 aliphatic rings. The van der Waals surface area contributed by atoms with E-state index in [1.807, 2.05) is 0 Å². The van der Waals surface area contributed by atoms with Crippen molar-refractivity contribution in [2.24, 2.45) is 5.92 Å². The van der Waals surface area contributed by atoms with Gasteiger partial charge < -0.3 is 0 Å². The topological polar surface area (TPSA) is 38.8 Å². The quantitative estimate of drug-likeness (QED) is 0.587. The smallest absolute Gasteiger partial charge is 0.296 e. The lowest BCUT2D eigenvalue weighted by atomic mass is 10.2. The fraction of sp³-hybridized carbons (Fsp3) is 1.00. The van der Waals surface area contributed by atoms with Gasteiger partial charge in [-0.1, -0.05) is 13.8 Å². The number of rotatable bonds is 4. The minimum Gasteiger partial charge on any atom is -0.296 e. The minimum atomic E-state index is -3.03. The molecule has 0 atom stereocenters. The van der Waals surface area contributed by atoms with E-state index in [4.69, 9.17) is 9.05 Å². The van der Waals surface area contributed by atoms with E-state index in [1.54, 1.807) is 4.08 Å². The van der Waals surface area contributed by atoms with Crippen LogP contribution in [0.1, 0.15) is 20.3 Å². The summed E-state index contributed by atoms with van der Waals surface area (Å²) in [5, 5.41) is 0. The zero-order valence-electron chi connectivity index (χ0n) is 8.31. The van der Waals surface area contributed by atoms with Crippen molar-refractivity contribution in [3.05, 3.63) is 0 Å². The Kier molecular flexibility index (Phi) is 5.45. The van der Waals surface area contributed by atoms with Gasteiger partial charge in [-0.2, -0.15) is 0 Å². The van der Waals surface area contributed by atoms with E-state index in [-0.39, 0.29) is 0 Å². The van der Waals surface area contributed by atoms with Gasteiger partial charge in [0, 0.05) is 31.7 Å². The molecule has 1 rings (SSSR count). The molecule has 0 unspecified atom stereocenters. The third kappa shape index (κ3) is 3.51. The van der Waals surface area contributed by atoms with E-state index in [9.17, 15) is 4.57 Å². The maximum absolute atomic E-state index is 12.1. The van der Waals surface area contributed by atoms with Crippen molar-refractivity contribution in [2.45, 2.75) is 20.3 Å². The van der Waals surface area contributed by atoms with Crippen molar-refractivity contribution >= 4 is 32.9 Å². The van der Waals surface area contributed by atoms with Crippen LogP contribution in [0.25, 0.3) is 0 Å². The Bertz CT molecular complexity index is 219. The molecular weight excluding hydrogens is 289 g/mol. The zero-order chi connectivity index (χ0) is 10.6.